The number of nitrogens with one attached hydrogen (secondary N) is 1. The van der Waals surface area contributed by atoms with Gasteiger partial charge in [-0.05, 0) is 24.6 Å². The monoisotopic (exact) mass is 349 g/mol. The van der Waals surface area contributed by atoms with E-state index >= 15 is 0 Å². The van der Waals surface area contributed by atoms with Gasteiger partial charge in [0.2, 0.25) is 0 Å². The Kier molecular flexibility index (Phi) is 5.65. The maximum Gasteiger partial charge on any atom is 0.127 e. The van der Waals surface area contributed by atoms with E-state index in [9.17, 15) is 0 Å². The third-order valence-corrected chi connectivity index (χ3v) is 4.19. The normalized spacial score (nSPS) is 12.0. The molecule has 0 amide bonds. The molecule has 2 rings (SSSR count). The summed E-state index contributed by atoms with van der Waals surface area (Å²) in [5.41, 5.74) is 2.35. The second kappa shape index (κ2) is 7.48. The molecule has 21 heavy (non-hydrogen) atoms. The van der Waals surface area contributed by atoms with Gasteiger partial charge >= 0.3 is 0 Å². The molecule has 0 aromatic heterocycles. The van der Waals surface area contributed by atoms with Crippen LogP contribution in [0.1, 0.15) is 24.1 Å². The van der Waals surface area contributed by atoms with Crippen molar-refractivity contribution >= 4 is 15.9 Å². The molecular weight excluding hydrogens is 330 g/mol. The van der Waals surface area contributed by atoms with Gasteiger partial charge in [0, 0.05) is 28.7 Å². The van der Waals surface area contributed by atoms with Crippen LogP contribution >= 0.6 is 15.9 Å². The lowest BCUT2D eigenvalue weighted by Crippen LogP contribution is -2.18. The van der Waals surface area contributed by atoms with Gasteiger partial charge in [0.15, 0.2) is 0 Å². The third-order valence-electron chi connectivity index (χ3n) is 3.46. The molecule has 0 aliphatic carbocycles. The van der Waals surface area contributed by atoms with Crippen molar-refractivity contribution in [1.82, 2.24) is 5.32 Å². The zero-order valence-electron chi connectivity index (χ0n) is 12.5. The average Bonchev–Trinajstić information content (AvgIpc) is 2.52. The number of ether oxygens (including phenoxy) is 2. The van der Waals surface area contributed by atoms with Gasteiger partial charge in [-0.2, -0.15) is 0 Å². The van der Waals surface area contributed by atoms with E-state index in [0.29, 0.717) is 0 Å². The molecule has 0 bridgehead atoms. The largest absolute Gasteiger partial charge is 0.497 e. The van der Waals surface area contributed by atoms with Gasteiger partial charge in [-0.1, -0.05) is 40.2 Å². The molecule has 0 spiro atoms. The van der Waals surface area contributed by atoms with Crippen LogP contribution < -0.4 is 14.8 Å². The van der Waals surface area contributed by atoms with Gasteiger partial charge in [-0.25, -0.2) is 0 Å². The maximum absolute atomic E-state index is 5.42. The van der Waals surface area contributed by atoms with Crippen LogP contribution in [-0.4, -0.2) is 14.2 Å². The Balaban J connectivity index is 2.08. The van der Waals surface area contributed by atoms with Crippen LogP contribution in [-0.2, 0) is 6.54 Å². The second-order valence-corrected chi connectivity index (χ2v) is 5.66. The zero-order chi connectivity index (χ0) is 15.2. The van der Waals surface area contributed by atoms with E-state index in [-0.39, 0.29) is 6.04 Å². The molecule has 1 N–H and O–H groups in total. The molecule has 0 heterocycles. The highest BCUT2D eigenvalue weighted by Crippen LogP contribution is 2.26. The lowest BCUT2D eigenvalue weighted by atomic mass is 10.1. The minimum atomic E-state index is 0.243. The summed E-state index contributed by atoms with van der Waals surface area (Å²) < 4.78 is 11.8. The van der Waals surface area contributed by atoms with E-state index in [1.165, 1.54) is 5.56 Å². The standard InChI is InChI=1S/C17H20BrNO2/c1-12(15-6-4-5-7-16(15)18)19-11-13-8-9-14(20-2)10-17(13)21-3/h4-10,12,19H,11H2,1-3H3/t12-/m0/s1. The van der Waals surface area contributed by atoms with Crippen LogP contribution in [0.3, 0.4) is 0 Å². The summed E-state index contributed by atoms with van der Waals surface area (Å²) in [6.07, 6.45) is 0. The number of halogens is 1. The Morgan fingerprint density at radius 3 is 2.52 bits per heavy atom. The summed E-state index contributed by atoms with van der Waals surface area (Å²) >= 11 is 3.59. The summed E-state index contributed by atoms with van der Waals surface area (Å²) in [4.78, 5) is 0. The van der Waals surface area contributed by atoms with Crippen LogP contribution in [0.25, 0.3) is 0 Å². The molecule has 0 saturated carbocycles. The zero-order valence-corrected chi connectivity index (χ0v) is 14.1. The number of methoxy groups -OCH3 is 2. The first-order valence-corrected chi connectivity index (χ1v) is 7.63. The number of rotatable bonds is 6. The van der Waals surface area contributed by atoms with E-state index in [0.717, 1.165) is 28.1 Å². The van der Waals surface area contributed by atoms with Gasteiger partial charge in [0.25, 0.3) is 0 Å². The molecule has 0 aliphatic rings. The first-order chi connectivity index (χ1) is 10.2. The van der Waals surface area contributed by atoms with Gasteiger partial charge in [0.1, 0.15) is 11.5 Å². The predicted octanol–water partition coefficient (Wildman–Crippen LogP) is 4.32. The molecule has 4 heteroatoms. The highest BCUT2D eigenvalue weighted by atomic mass is 79.9. The summed E-state index contributed by atoms with van der Waals surface area (Å²) in [6.45, 7) is 2.88. The lowest BCUT2D eigenvalue weighted by molar-refractivity contribution is 0.389. The summed E-state index contributed by atoms with van der Waals surface area (Å²) in [5.74, 6) is 1.63. The Bertz CT molecular complexity index is 601. The SMILES string of the molecule is COc1ccc(CN[C@@H](C)c2ccccc2Br)c(OC)c1. The van der Waals surface area contributed by atoms with Crippen LogP contribution in [0.15, 0.2) is 46.9 Å². The molecule has 2 aromatic carbocycles. The minimum Gasteiger partial charge on any atom is -0.497 e. The first-order valence-electron chi connectivity index (χ1n) is 6.84. The van der Waals surface area contributed by atoms with E-state index in [4.69, 9.17) is 9.47 Å². The highest BCUT2D eigenvalue weighted by Gasteiger charge is 2.10. The van der Waals surface area contributed by atoms with Crippen molar-refractivity contribution in [3.05, 3.63) is 58.1 Å². The molecule has 0 radical (unpaired) electrons. The third kappa shape index (κ3) is 3.99. The Morgan fingerprint density at radius 1 is 1.10 bits per heavy atom. The fraction of sp³-hybridized carbons (Fsp3) is 0.294. The topological polar surface area (TPSA) is 30.5 Å². The number of hydrogen-bond donors (Lipinski definition) is 1. The van der Waals surface area contributed by atoms with Gasteiger partial charge in [0.05, 0.1) is 14.2 Å². The van der Waals surface area contributed by atoms with E-state index in [2.05, 4.69) is 40.3 Å². The van der Waals surface area contributed by atoms with Crippen LogP contribution in [0.5, 0.6) is 11.5 Å². The van der Waals surface area contributed by atoms with Crippen LogP contribution in [0.4, 0.5) is 0 Å². The fourth-order valence-corrected chi connectivity index (χ4v) is 2.83. The van der Waals surface area contributed by atoms with Gasteiger partial charge < -0.3 is 14.8 Å². The molecule has 2 aromatic rings. The first kappa shape index (κ1) is 15.9. The molecule has 0 fully saturated rings. The lowest BCUT2D eigenvalue weighted by Gasteiger charge is -2.17. The van der Waals surface area contributed by atoms with Crippen molar-refractivity contribution in [3.63, 3.8) is 0 Å². The summed E-state index contributed by atoms with van der Waals surface area (Å²) in [7, 11) is 3.33. The quantitative estimate of drug-likeness (QED) is 0.842. The molecule has 112 valence electrons. The molecular formula is C17H20BrNO2. The highest BCUT2D eigenvalue weighted by molar-refractivity contribution is 9.10. The van der Waals surface area contributed by atoms with Crippen molar-refractivity contribution in [1.29, 1.82) is 0 Å². The smallest absolute Gasteiger partial charge is 0.127 e. The Morgan fingerprint density at radius 2 is 1.86 bits per heavy atom. The van der Waals surface area contributed by atoms with Crippen molar-refractivity contribution in [2.75, 3.05) is 14.2 Å². The second-order valence-electron chi connectivity index (χ2n) is 4.80. The average molecular weight is 350 g/mol. The fourth-order valence-electron chi connectivity index (χ4n) is 2.20. The summed E-state index contributed by atoms with van der Waals surface area (Å²) in [5, 5.41) is 3.52. The van der Waals surface area contributed by atoms with Gasteiger partial charge in [-0.15, -0.1) is 0 Å². The molecule has 0 unspecified atom stereocenters. The maximum atomic E-state index is 5.42. The number of benzene rings is 2. The molecule has 1 atom stereocenters. The van der Waals surface area contributed by atoms with Crippen LogP contribution in [0.2, 0.25) is 0 Å². The van der Waals surface area contributed by atoms with E-state index in [1.807, 2.05) is 30.3 Å². The van der Waals surface area contributed by atoms with E-state index < -0.39 is 0 Å². The molecule has 3 nitrogen and oxygen atoms in total. The van der Waals surface area contributed by atoms with Crippen LogP contribution in [0, 0.1) is 0 Å². The van der Waals surface area contributed by atoms with E-state index in [1.54, 1.807) is 14.2 Å². The predicted molar refractivity (Wildman–Crippen MR) is 88.9 cm³/mol. The van der Waals surface area contributed by atoms with Crippen molar-refractivity contribution in [2.24, 2.45) is 0 Å². The Labute approximate surface area is 134 Å². The van der Waals surface area contributed by atoms with Crippen molar-refractivity contribution in [2.45, 2.75) is 19.5 Å². The van der Waals surface area contributed by atoms with Crippen molar-refractivity contribution < 1.29 is 9.47 Å². The van der Waals surface area contributed by atoms with Crippen molar-refractivity contribution in [3.8, 4) is 11.5 Å². The Hall–Kier alpha value is -1.52. The molecule has 0 saturated heterocycles. The summed E-state index contributed by atoms with van der Waals surface area (Å²) in [6, 6.07) is 14.4. The van der Waals surface area contributed by atoms with Gasteiger partial charge in [-0.3, -0.25) is 0 Å². The molecule has 0 aliphatic heterocycles. The number of hydrogen-bond acceptors (Lipinski definition) is 3. The minimum absolute atomic E-state index is 0.243.